The Balaban J connectivity index is 1.27. The molecule has 6 rings (SSSR count). The highest BCUT2D eigenvalue weighted by molar-refractivity contribution is 7.89. The van der Waals surface area contributed by atoms with Gasteiger partial charge in [0.25, 0.3) is 0 Å². The van der Waals surface area contributed by atoms with Crippen LogP contribution in [0.3, 0.4) is 0 Å². The maximum Gasteiger partial charge on any atom is 0.573 e. The summed E-state index contributed by atoms with van der Waals surface area (Å²) < 4.78 is 70.8. The first-order valence-corrected chi connectivity index (χ1v) is 13.2. The van der Waals surface area contributed by atoms with Crippen LogP contribution in [-0.4, -0.2) is 32.3 Å². The lowest BCUT2D eigenvalue weighted by molar-refractivity contribution is -0.275. The van der Waals surface area contributed by atoms with Gasteiger partial charge >= 0.3 is 6.36 Å². The highest BCUT2D eigenvalue weighted by Crippen LogP contribution is 2.53. The Bertz CT molecular complexity index is 995. The van der Waals surface area contributed by atoms with Gasteiger partial charge in [0.1, 0.15) is 10.6 Å². The number of hydrogen-bond acceptors (Lipinski definition) is 4. The normalized spacial score (nSPS) is 32.3. The quantitative estimate of drug-likeness (QED) is 0.607. The molecule has 6 nitrogen and oxygen atoms in total. The Kier molecular flexibility index (Phi) is 5.67. The smallest absolute Gasteiger partial charge is 0.404 e. The third-order valence-electron chi connectivity index (χ3n) is 8.08. The number of nitrogens with one attached hydrogen (secondary N) is 2. The number of benzene rings is 1. The molecule has 0 spiro atoms. The van der Waals surface area contributed by atoms with Crippen molar-refractivity contribution >= 4 is 15.9 Å². The van der Waals surface area contributed by atoms with Crippen LogP contribution in [0, 0.1) is 23.7 Å². The summed E-state index contributed by atoms with van der Waals surface area (Å²) in [5.74, 6) is 1.60. The van der Waals surface area contributed by atoms with Gasteiger partial charge in [-0.15, -0.1) is 13.2 Å². The van der Waals surface area contributed by atoms with E-state index in [0.29, 0.717) is 24.7 Å². The fourth-order valence-electron chi connectivity index (χ4n) is 6.84. The number of carbonyl (C=O) groups is 1. The molecule has 0 heterocycles. The summed E-state index contributed by atoms with van der Waals surface area (Å²) in [5, 5.41) is 3.21. The number of hydrogen-bond donors (Lipinski definition) is 2. The van der Waals surface area contributed by atoms with E-state index in [1.165, 1.54) is 18.6 Å². The second kappa shape index (κ2) is 8.15. The molecule has 5 fully saturated rings. The molecule has 0 aromatic heterocycles. The van der Waals surface area contributed by atoms with Crippen LogP contribution < -0.4 is 14.8 Å². The summed E-state index contributed by atoms with van der Waals surface area (Å²) in [6.07, 6.45) is 2.59. The van der Waals surface area contributed by atoms with Gasteiger partial charge in [0, 0.05) is 18.0 Å². The van der Waals surface area contributed by atoms with Crippen LogP contribution in [0.25, 0.3) is 0 Å². The molecular weight excluding hydrogens is 457 g/mol. The summed E-state index contributed by atoms with van der Waals surface area (Å²) in [6.45, 7) is 0. The Morgan fingerprint density at radius 3 is 2.18 bits per heavy atom. The van der Waals surface area contributed by atoms with Gasteiger partial charge in [-0.3, -0.25) is 4.79 Å². The summed E-state index contributed by atoms with van der Waals surface area (Å²) in [5.41, 5.74) is -0.986. The Hall–Kier alpha value is -1.81. The van der Waals surface area contributed by atoms with E-state index in [2.05, 4.69) is 14.8 Å². The van der Waals surface area contributed by atoms with Crippen molar-refractivity contribution in [3.63, 3.8) is 0 Å². The first kappa shape index (κ1) is 23.0. The third kappa shape index (κ3) is 4.73. The van der Waals surface area contributed by atoms with Crippen LogP contribution in [0.15, 0.2) is 29.2 Å². The summed E-state index contributed by atoms with van der Waals surface area (Å²) in [4.78, 5) is 12.4. The number of carbonyl (C=O) groups excluding carboxylic acids is 1. The Morgan fingerprint density at radius 1 is 1.03 bits per heavy atom. The van der Waals surface area contributed by atoms with Crippen molar-refractivity contribution < 1.29 is 31.1 Å². The van der Waals surface area contributed by atoms with Gasteiger partial charge in [-0.05, 0) is 87.2 Å². The van der Waals surface area contributed by atoms with Crippen molar-refractivity contribution in [2.24, 2.45) is 23.7 Å². The highest BCUT2D eigenvalue weighted by Gasteiger charge is 2.50. The number of halogens is 3. The molecule has 0 atom stereocenters. The minimum atomic E-state index is -5.02. The zero-order chi connectivity index (χ0) is 23.4. The average molecular weight is 487 g/mol. The highest BCUT2D eigenvalue weighted by atomic mass is 32.2. The molecular formula is C23H29F3N2O4S. The standard InChI is InChI=1S/C23H29F3N2O4S/c24-23(25,26)32-18-4-1-2-5-19(18)33(30,31)28-22(6-3-7-22)13-20(29)27-21-16-9-14-8-15(11-16)12-17(21)10-14/h1-2,4-5,14-17,21,28H,3,6-13H2,(H,27,29). The third-order valence-corrected chi connectivity index (χ3v) is 9.70. The van der Waals surface area contributed by atoms with Crippen molar-refractivity contribution in [1.82, 2.24) is 10.0 Å². The molecule has 33 heavy (non-hydrogen) atoms. The van der Waals surface area contributed by atoms with E-state index in [1.54, 1.807) is 0 Å². The maximum atomic E-state index is 13.0. The van der Waals surface area contributed by atoms with Crippen LogP contribution in [-0.2, 0) is 14.8 Å². The number of amides is 1. The first-order chi connectivity index (χ1) is 15.5. The van der Waals surface area contributed by atoms with Gasteiger partial charge in [-0.1, -0.05) is 12.1 Å². The SMILES string of the molecule is O=C(CC1(NS(=O)(=O)c2ccccc2OC(F)(F)F)CCC1)NC1C2CC3CC(C2)CC1C3. The predicted molar refractivity (Wildman–Crippen MR) is 114 cm³/mol. The molecule has 1 aromatic rings. The van der Waals surface area contributed by atoms with Gasteiger partial charge in [-0.2, -0.15) is 0 Å². The Labute approximate surface area is 191 Å². The van der Waals surface area contributed by atoms with Crippen LogP contribution in [0.1, 0.15) is 57.8 Å². The molecule has 10 heteroatoms. The lowest BCUT2D eigenvalue weighted by atomic mass is 9.54. The zero-order valence-corrected chi connectivity index (χ0v) is 19.1. The van der Waals surface area contributed by atoms with Crippen molar-refractivity contribution in [3.05, 3.63) is 24.3 Å². The van der Waals surface area contributed by atoms with Crippen LogP contribution in [0.5, 0.6) is 5.75 Å². The van der Waals surface area contributed by atoms with E-state index in [-0.39, 0.29) is 18.4 Å². The van der Waals surface area contributed by atoms with Crippen LogP contribution in [0.4, 0.5) is 13.2 Å². The van der Waals surface area contributed by atoms with Gasteiger partial charge in [0.15, 0.2) is 0 Å². The fourth-order valence-corrected chi connectivity index (χ4v) is 8.43. The van der Waals surface area contributed by atoms with Gasteiger partial charge in [0.2, 0.25) is 15.9 Å². The lowest BCUT2D eigenvalue weighted by Crippen LogP contribution is -2.59. The molecule has 0 unspecified atom stereocenters. The van der Waals surface area contributed by atoms with E-state index in [1.807, 2.05) is 0 Å². The molecule has 5 aliphatic carbocycles. The van der Waals surface area contributed by atoms with E-state index >= 15 is 0 Å². The van der Waals surface area contributed by atoms with Gasteiger partial charge in [-0.25, -0.2) is 13.1 Å². The number of sulfonamides is 1. The second-order valence-corrected chi connectivity index (χ2v) is 12.1. The van der Waals surface area contributed by atoms with E-state index in [4.69, 9.17) is 0 Å². The minimum absolute atomic E-state index is 0.0165. The minimum Gasteiger partial charge on any atom is -0.404 e. The summed E-state index contributed by atoms with van der Waals surface area (Å²) in [6, 6.07) is 4.81. The number of alkyl halides is 3. The van der Waals surface area contributed by atoms with Crippen molar-refractivity contribution in [2.75, 3.05) is 0 Å². The van der Waals surface area contributed by atoms with E-state index < -0.39 is 32.6 Å². The average Bonchev–Trinajstić information content (AvgIpc) is 2.67. The molecule has 4 bridgehead atoms. The van der Waals surface area contributed by atoms with Crippen molar-refractivity contribution in [1.29, 1.82) is 0 Å². The molecule has 182 valence electrons. The van der Waals surface area contributed by atoms with E-state index in [9.17, 15) is 26.4 Å². The first-order valence-electron chi connectivity index (χ1n) is 11.7. The van der Waals surface area contributed by atoms with Gasteiger partial charge < -0.3 is 10.1 Å². The number of para-hydroxylation sites is 1. The summed E-state index contributed by atoms with van der Waals surface area (Å²) in [7, 11) is -4.33. The number of rotatable bonds is 7. The molecule has 5 saturated carbocycles. The van der Waals surface area contributed by atoms with Gasteiger partial charge in [0.05, 0.1) is 0 Å². The van der Waals surface area contributed by atoms with Crippen LogP contribution in [0.2, 0.25) is 0 Å². The molecule has 1 amide bonds. The van der Waals surface area contributed by atoms with Crippen molar-refractivity contribution in [3.8, 4) is 5.75 Å². The molecule has 0 radical (unpaired) electrons. The molecule has 0 aliphatic heterocycles. The Morgan fingerprint density at radius 2 is 1.64 bits per heavy atom. The molecule has 5 aliphatic rings. The lowest BCUT2D eigenvalue weighted by Gasteiger charge is -2.54. The summed E-state index contributed by atoms with van der Waals surface area (Å²) >= 11 is 0. The topological polar surface area (TPSA) is 84.5 Å². The second-order valence-electron chi connectivity index (χ2n) is 10.4. The van der Waals surface area contributed by atoms with E-state index in [0.717, 1.165) is 56.1 Å². The fraction of sp³-hybridized carbons (Fsp3) is 0.696. The van der Waals surface area contributed by atoms with Crippen LogP contribution >= 0.6 is 0 Å². The predicted octanol–water partition coefficient (Wildman–Crippen LogP) is 4.12. The largest absolute Gasteiger partial charge is 0.573 e. The molecule has 1 aromatic carbocycles. The monoisotopic (exact) mass is 486 g/mol. The zero-order valence-electron chi connectivity index (χ0n) is 18.2. The number of ether oxygens (including phenoxy) is 1. The maximum absolute atomic E-state index is 13.0. The van der Waals surface area contributed by atoms with Crippen molar-refractivity contribution in [2.45, 2.75) is 80.6 Å². The molecule has 0 saturated heterocycles. The molecule has 2 N–H and O–H groups in total.